The van der Waals surface area contributed by atoms with E-state index in [4.69, 9.17) is 4.74 Å². The second kappa shape index (κ2) is 7.28. The van der Waals surface area contributed by atoms with Gasteiger partial charge < -0.3 is 10.1 Å². The first-order valence-corrected chi connectivity index (χ1v) is 8.18. The smallest absolute Gasteiger partial charge is 0.123 e. The van der Waals surface area contributed by atoms with Crippen molar-refractivity contribution < 1.29 is 4.74 Å². The molecule has 0 atom stereocenters. The van der Waals surface area contributed by atoms with Crippen LogP contribution in [-0.4, -0.2) is 36.2 Å². The molecule has 0 amide bonds. The van der Waals surface area contributed by atoms with Crippen molar-refractivity contribution in [1.82, 2.24) is 10.2 Å². The molecule has 1 aliphatic heterocycles. The SMILES string of the molecule is CC(C)NCc1ccccc1OCCN1CCCC1(C)C. The van der Waals surface area contributed by atoms with Gasteiger partial charge in [0.25, 0.3) is 0 Å². The number of ether oxygens (including phenoxy) is 1. The molecule has 1 saturated heterocycles. The minimum Gasteiger partial charge on any atom is -0.492 e. The summed E-state index contributed by atoms with van der Waals surface area (Å²) < 4.78 is 6.04. The maximum absolute atomic E-state index is 6.04. The monoisotopic (exact) mass is 290 g/mol. The van der Waals surface area contributed by atoms with Crippen molar-refractivity contribution in [3.05, 3.63) is 29.8 Å². The van der Waals surface area contributed by atoms with E-state index in [1.807, 2.05) is 6.07 Å². The van der Waals surface area contributed by atoms with E-state index >= 15 is 0 Å². The van der Waals surface area contributed by atoms with Gasteiger partial charge in [0.2, 0.25) is 0 Å². The molecule has 0 aliphatic carbocycles. The summed E-state index contributed by atoms with van der Waals surface area (Å²) in [4.78, 5) is 2.54. The van der Waals surface area contributed by atoms with Crippen molar-refractivity contribution in [3.63, 3.8) is 0 Å². The molecule has 1 aromatic rings. The first-order chi connectivity index (χ1) is 9.99. The van der Waals surface area contributed by atoms with Crippen molar-refractivity contribution in [2.45, 2.75) is 58.7 Å². The fraction of sp³-hybridized carbons (Fsp3) is 0.667. The minimum absolute atomic E-state index is 0.335. The molecule has 3 heteroatoms. The third-order valence-corrected chi connectivity index (χ3v) is 4.36. The number of hydrogen-bond acceptors (Lipinski definition) is 3. The van der Waals surface area contributed by atoms with Gasteiger partial charge in [0, 0.05) is 30.2 Å². The zero-order valence-electron chi connectivity index (χ0n) is 14.0. The van der Waals surface area contributed by atoms with Gasteiger partial charge in [-0.2, -0.15) is 0 Å². The van der Waals surface area contributed by atoms with E-state index in [0.717, 1.165) is 25.4 Å². The quantitative estimate of drug-likeness (QED) is 0.832. The third-order valence-electron chi connectivity index (χ3n) is 4.36. The Kier molecular flexibility index (Phi) is 5.65. The lowest BCUT2D eigenvalue weighted by Gasteiger charge is -2.31. The number of para-hydroxylation sites is 1. The Bertz CT molecular complexity index is 443. The topological polar surface area (TPSA) is 24.5 Å². The number of benzene rings is 1. The Morgan fingerprint density at radius 3 is 2.71 bits per heavy atom. The predicted molar refractivity (Wildman–Crippen MR) is 88.8 cm³/mol. The van der Waals surface area contributed by atoms with E-state index < -0.39 is 0 Å². The van der Waals surface area contributed by atoms with Crippen LogP contribution in [0.3, 0.4) is 0 Å². The van der Waals surface area contributed by atoms with Gasteiger partial charge in [-0.1, -0.05) is 32.0 Å². The predicted octanol–water partition coefficient (Wildman–Crippen LogP) is 3.44. The first-order valence-electron chi connectivity index (χ1n) is 8.18. The molecule has 0 aromatic heterocycles. The average Bonchev–Trinajstić information content (AvgIpc) is 2.77. The van der Waals surface area contributed by atoms with Crippen LogP contribution in [0.25, 0.3) is 0 Å². The van der Waals surface area contributed by atoms with Crippen molar-refractivity contribution in [3.8, 4) is 5.75 Å². The van der Waals surface area contributed by atoms with E-state index in [2.05, 4.69) is 56.1 Å². The Morgan fingerprint density at radius 1 is 1.29 bits per heavy atom. The molecule has 0 saturated carbocycles. The van der Waals surface area contributed by atoms with Crippen LogP contribution in [0.5, 0.6) is 5.75 Å². The van der Waals surface area contributed by atoms with Gasteiger partial charge in [0.15, 0.2) is 0 Å². The van der Waals surface area contributed by atoms with Crippen molar-refractivity contribution in [2.24, 2.45) is 0 Å². The van der Waals surface area contributed by atoms with Gasteiger partial charge in [-0.05, 0) is 39.3 Å². The molecule has 1 aliphatic rings. The lowest BCUT2D eigenvalue weighted by atomic mass is 10.0. The molecule has 21 heavy (non-hydrogen) atoms. The van der Waals surface area contributed by atoms with Gasteiger partial charge >= 0.3 is 0 Å². The normalized spacial score (nSPS) is 18.3. The molecule has 0 radical (unpaired) electrons. The van der Waals surface area contributed by atoms with E-state index in [1.54, 1.807) is 0 Å². The van der Waals surface area contributed by atoms with Crippen molar-refractivity contribution in [2.75, 3.05) is 19.7 Å². The fourth-order valence-corrected chi connectivity index (χ4v) is 2.95. The lowest BCUT2D eigenvalue weighted by Crippen LogP contribution is -2.40. The van der Waals surface area contributed by atoms with Crippen LogP contribution in [-0.2, 0) is 6.54 Å². The maximum Gasteiger partial charge on any atom is 0.123 e. The second-order valence-corrected chi connectivity index (χ2v) is 6.89. The number of rotatable bonds is 7. The summed E-state index contributed by atoms with van der Waals surface area (Å²) in [6, 6.07) is 8.84. The molecule has 0 unspecified atom stereocenters. The summed E-state index contributed by atoms with van der Waals surface area (Å²) >= 11 is 0. The standard InChI is InChI=1S/C18H30N2O/c1-15(2)19-14-16-8-5-6-9-17(16)21-13-12-20-11-7-10-18(20,3)4/h5-6,8-9,15,19H,7,10-14H2,1-4H3. The molecule has 1 fully saturated rings. The largest absolute Gasteiger partial charge is 0.492 e. The summed E-state index contributed by atoms with van der Waals surface area (Å²) in [6.45, 7) is 12.8. The van der Waals surface area contributed by atoms with Crippen LogP contribution in [0, 0.1) is 0 Å². The molecule has 1 aromatic carbocycles. The minimum atomic E-state index is 0.335. The van der Waals surface area contributed by atoms with Crippen molar-refractivity contribution >= 4 is 0 Å². The van der Waals surface area contributed by atoms with Gasteiger partial charge in [-0.15, -0.1) is 0 Å². The van der Waals surface area contributed by atoms with Crippen molar-refractivity contribution in [1.29, 1.82) is 0 Å². The Balaban J connectivity index is 1.85. The molecular formula is C18H30N2O. The molecule has 2 rings (SSSR count). The van der Waals surface area contributed by atoms with Gasteiger partial charge in [0.05, 0.1) is 0 Å². The fourth-order valence-electron chi connectivity index (χ4n) is 2.95. The van der Waals surface area contributed by atoms with E-state index in [-0.39, 0.29) is 0 Å². The van der Waals surface area contributed by atoms with Crippen LogP contribution >= 0.6 is 0 Å². The van der Waals surface area contributed by atoms with E-state index in [9.17, 15) is 0 Å². The lowest BCUT2D eigenvalue weighted by molar-refractivity contribution is 0.143. The van der Waals surface area contributed by atoms with E-state index in [0.29, 0.717) is 11.6 Å². The highest BCUT2D eigenvalue weighted by Gasteiger charge is 2.31. The van der Waals surface area contributed by atoms with Crippen LogP contribution in [0.4, 0.5) is 0 Å². The number of likely N-dealkylation sites (tertiary alicyclic amines) is 1. The average molecular weight is 290 g/mol. The Hall–Kier alpha value is -1.06. The zero-order chi connectivity index (χ0) is 15.3. The Labute approximate surface area is 129 Å². The highest BCUT2D eigenvalue weighted by Crippen LogP contribution is 2.27. The summed E-state index contributed by atoms with van der Waals surface area (Å²) in [5.41, 5.74) is 1.58. The zero-order valence-corrected chi connectivity index (χ0v) is 14.0. The van der Waals surface area contributed by atoms with Gasteiger partial charge in [0.1, 0.15) is 12.4 Å². The summed E-state index contributed by atoms with van der Waals surface area (Å²) in [7, 11) is 0. The molecule has 0 spiro atoms. The van der Waals surface area contributed by atoms with E-state index in [1.165, 1.54) is 24.9 Å². The van der Waals surface area contributed by atoms with Crippen LogP contribution in [0.2, 0.25) is 0 Å². The number of hydrogen-bond donors (Lipinski definition) is 1. The molecule has 1 N–H and O–H groups in total. The van der Waals surface area contributed by atoms with Gasteiger partial charge in [-0.3, -0.25) is 4.90 Å². The number of nitrogens with one attached hydrogen (secondary N) is 1. The number of nitrogens with zero attached hydrogens (tertiary/aromatic N) is 1. The molecule has 1 heterocycles. The van der Waals surface area contributed by atoms with Gasteiger partial charge in [-0.25, -0.2) is 0 Å². The molecular weight excluding hydrogens is 260 g/mol. The second-order valence-electron chi connectivity index (χ2n) is 6.89. The summed E-state index contributed by atoms with van der Waals surface area (Å²) in [5, 5.41) is 3.46. The molecule has 0 bridgehead atoms. The summed E-state index contributed by atoms with van der Waals surface area (Å²) in [6.07, 6.45) is 2.60. The maximum atomic E-state index is 6.04. The van der Waals surface area contributed by atoms with Crippen LogP contribution in [0.1, 0.15) is 46.1 Å². The van der Waals surface area contributed by atoms with Crippen LogP contribution in [0.15, 0.2) is 24.3 Å². The molecule has 118 valence electrons. The third kappa shape index (κ3) is 4.72. The highest BCUT2D eigenvalue weighted by atomic mass is 16.5. The van der Waals surface area contributed by atoms with Crippen LogP contribution < -0.4 is 10.1 Å². The highest BCUT2D eigenvalue weighted by molar-refractivity contribution is 5.33. The Morgan fingerprint density at radius 2 is 2.05 bits per heavy atom. The summed E-state index contributed by atoms with van der Waals surface area (Å²) in [5.74, 6) is 1.02. The first kappa shape index (κ1) is 16.3. The molecule has 3 nitrogen and oxygen atoms in total.